The maximum atomic E-state index is 5.64. The third-order valence-electron chi connectivity index (χ3n) is 4.07. The van der Waals surface area contributed by atoms with Gasteiger partial charge in [0.05, 0.1) is 12.8 Å². The van der Waals surface area contributed by atoms with E-state index in [1.165, 1.54) is 12.0 Å². The standard InChI is InChI=1S/C15H25N3O/c1-11-8-17-14(12(2)15(11)19-3)10-18-7-5-13(9-18)4-6-16/h8,13H,4-7,9-10,16H2,1-3H3. The highest BCUT2D eigenvalue weighted by molar-refractivity contribution is 5.41. The van der Waals surface area contributed by atoms with Crippen molar-refractivity contribution in [1.82, 2.24) is 9.88 Å². The molecule has 1 atom stereocenters. The summed E-state index contributed by atoms with van der Waals surface area (Å²) in [6.45, 7) is 8.16. The number of likely N-dealkylation sites (tertiary alicyclic amines) is 1. The molecule has 106 valence electrons. The van der Waals surface area contributed by atoms with Crippen LogP contribution in [0.25, 0.3) is 0 Å². The van der Waals surface area contributed by atoms with Gasteiger partial charge in [0.1, 0.15) is 5.75 Å². The van der Waals surface area contributed by atoms with E-state index < -0.39 is 0 Å². The van der Waals surface area contributed by atoms with Gasteiger partial charge < -0.3 is 10.5 Å². The van der Waals surface area contributed by atoms with Crippen molar-refractivity contribution in [2.24, 2.45) is 11.7 Å². The Labute approximate surface area is 116 Å². The first-order chi connectivity index (χ1) is 9.15. The number of hydrogen-bond donors (Lipinski definition) is 1. The van der Waals surface area contributed by atoms with Gasteiger partial charge in [-0.05, 0) is 45.7 Å². The van der Waals surface area contributed by atoms with E-state index in [-0.39, 0.29) is 0 Å². The molecule has 0 saturated carbocycles. The maximum absolute atomic E-state index is 5.64. The van der Waals surface area contributed by atoms with Gasteiger partial charge in [0.2, 0.25) is 0 Å². The van der Waals surface area contributed by atoms with E-state index in [0.29, 0.717) is 0 Å². The molecule has 19 heavy (non-hydrogen) atoms. The van der Waals surface area contributed by atoms with Gasteiger partial charge in [0, 0.05) is 30.4 Å². The highest BCUT2D eigenvalue weighted by Crippen LogP contribution is 2.26. The van der Waals surface area contributed by atoms with Crippen LogP contribution in [0, 0.1) is 19.8 Å². The van der Waals surface area contributed by atoms with Crippen molar-refractivity contribution >= 4 is 0 Å². The fraction of sp³-hybridized carbons (Fsp3) is 0.667. The van der Waals surface area contributed by atoms with Crippen LogP contribution >= 0.6 is 0 Å². The van der Waals surface area contributed by atoms with Gasteiger partial charge in [-0.25, -0.2) is 0 Å². The summed E-state index contributed by atoms with van der Waals surface area (Å²) in [5.41, 5.74) is 9.05. The summed E-state index contributed by atoms with van der Waals surface area (Å²) in [5.74, 6) is 1.74. The Morgan fingerprint density at radius 2 is 2.26 bits per heavy atom. The van der Waals surface area contributed by atoms with E-state index in [9.17, 15) is 0 Å². The number of nitrogens with zero attached hydrogens (tertiary/aromatic N) is 2. The number of pyridine rings is 1. The molecule has 2 N–H and O–H groups in total. The van der Waals surface area contributed by atoms with E-state index in [2.05, 4.69) is 16.8 Å². The lowest BCUT2D eigenvalue weighted by atomic mass is 10.1. The Hall–Kier alpha value is -1.13. The van der Waals surface area contributed by atoms with Crippen LogP contribution in [0.15, 0.2) is 6.20 Å². The van der Waals surface area contributed by atoms with E-state index >= 15 is 0 Å². The van der Waals surface area contributed by atoms with Crippen molar-refractivity contribution in [3.63, 3.8) is 0 Å². The zero-order chi connectivity index (χ0) is 13.8. The molecule has 2 rings (SSSR count). The van der Waals surface area contributed by atoms with Crippen LogP contribution < -0.4 is 10.5 Å². The van der Waals surface area contributed by atoms with Gasteiger partial charge in [-0.3, -0.25) is 9.88 Å². The van der Waals surface area contributed by atoms with Crippen molar-refractivity contribution in [3.05, 3.63) is 23.0 Å². The Morgan fingerprint density at radius 3 is 2.95 bits per heavy atom. The van der Waals surface area contributed by atoms with Gasteiger partial charge in [-0.15, -0.1) is 0 Å². The average Bonchev–Trinajstić information content (AvgIpc) is 2.82. The minimum Gasteiger partial charge on any atom is -0.496 e. The molecule has 0 amide bonds. The lowest BCUT2D eigenvalue weighted by Gasteiger charge is -2.18. The Bertz CT molecular complexity index is 434. The highest BCUT2D eigenvalue weighted by Gasteiger charge is 2.23. The van der Waals surface area contributed by atoms with Crippen molar-refractivity contribution in [2.45, 2.75) is 33.2 Å². The first kappa shape index (κ1) is 14.3. The zero-order valence-corrected chi connectivity index (χ0v) is 12.3. The largest absolute Gasteiger partial charge is 0.496 e. The highest BCUT2D eigenvalue weighted by atomic mass is 16.5. The molecule has 1 saturated heterocycles. The number of hydrogen-bond acceptors (Lipinski definition) is 4. The lowest BCUT2D eigenvalue weighted by Crippen LogP contribution is -2.22. The summed E-state index contributed by atoms with van der Waals surface area (Å²) in [5, 5.41) is 0. The molecule has 2 heterocycles. The second kappa shape index (κ2) is 6.35. The minimum absolute atomic E-state index is 0.762. The monoisotopic (exact) mass is 263 g/mol. The lowest BCUT2D eigenvalue weighted by molar-refractivity contribution is 0.308. The predicted molar refractivity (Wildman–Crippen MR) is 77.3 cm³/mol. The second-order valence-electron chi connectivity index (χ2n) is 5.51. The quantitative estimate of drug-likeness (QED) is 0.881. The van der Waals surface area contributed by atoms with Gasteiger partial charge in [-0.1, -0.05) is 0 Å². The third-order valence-corrected chi connectivity index (χ3v) is 4.07. The number of rotatable bonds is 5. The van der Waals surface area contributed by atoms with E-state index in [4.69, 9.17) is 10.5 Å². The summed E-state index contributed by atoms with van der Waals surface area (Å²) >= 11 is 0. The SMILES string of the molecule is COc1c(C)cnc(CN2CCC(CCN)C2)c1C. The fourth-order valence-electron chi connectivity index (χ4n) is 2.97. The topological polar surface area (TPSA) is 51.4 Å². The number of aryl methyl sites for hydroxylation is 1. The molecular formula is C15H25N3O. The van der Waals surface area contributed by atoms with Gasteiger partial charge in [0.15, 0.2) is 0 Å². The molecule has 4 heteroatoms. The average molecular weight is 263 g/mol. The summed E-state index contributed by atoms with van der Waals surface area (Å²) < 4.78 is 5.47. The van der Waals surface area contributed by atoms with Crippen LogP contribution in [0.2, 0.25) is 0 Å². The number of nitrogens with two attached hydrogens (primary N) is 1. The Morgan fingerprint density at radius 1 is 1.47 bits per heavy atom. The molecule has 1 aromatic rings. The molecule has 0 aromatic carbocycles. The van der Waals surface area contributed by atoms with E-state index in [1.807, 2.05) is 13.1 Å². The third kappa shape index (κ3) is 3.25. The predicted octanol–water partition coefficient (Wildman–Crippen LogP) is 1.88. The molecule has 0 spiro atoms. The summed E-state index contributed by atoms with van der Waals surface area (Å²) in [6.07, 6.45) is 4.31. The van der Waals surface area contributed by atoms with Crippen molar-refractivity contribution in [1.29, 1.82) is 0 Å². The second-order valence-corrected chi connectivity index (χ2v) is 5.51. The summed E-state index contributed by atoms with van der Waals surface area (Å²) in [7, 11) is 1.73. The van der Waals surface area contributed by atoms with Crippen LogP contribution in [0.3, 0.4) is 0 Å². The molecule has 0 bridgehead atoms. The van der Waals surface area contributed by atoms with Crippen molar-refractivity contribution in [3.8, 4) is 5.75 Å². The van der Waals surface area contributed by atoms with Crippen LogP contribution in [-0.4, -0.2) is 36.6 Å². The van der Waals surface area contributed by atoms with E-state index in [1.54, 1.807) is 7.11 Å². The molecule has 0 radical (unpaired) electrons. The van der Waals surface area contributed by atoms with Crippen LogP contribution in [0.4, 0.5) is 0 Å². The molecule has 4 nitrogen and oxygen atoms in total. The smallest absolute Gasteiger partial charge is 0.128 e. The first-order valence-corrected chi connectivity index (χ1v) is 7.07. The summed E-state index contributed by atoms with van der Waals surface area (Å²) in [6, 6.07) is 0. The Kier molecular flexibility index (Phi) is 4.77. The molecule has 1 aromatic heterocycles. The van der Waals surface area contributed by atoms with Crippen LogP contribution in [-0.2, 0) is 6.54 Å². The van der Waals surface area contributed by atoms with Crippen molar-refractivity contribution < 1.29 is 4.74 Å². The molecule has 0 aliphatic carbocycles. The van der Waals surface area contributed by atoms with Crippen LogP contribution in [0.1, 0.15) is 29.7 Å². The van der Waals surface area contributed by atoms with Gasteiger partial charge in [0.25, 0.3) is 0 Å². The molecule has 1 fully saturated rings. The molecule has 1 unspecified atom stereocenters. The molecule has 1 aliphatic rings. The fourth-order valence-corrected chi connectivity index (χ4v) is 2.97. The van der Waals surface area contributed by atoms with E-state index in [0.717, 1.165) is 55.5 Å². The number of methoxy groups -OCH3 is 1. The van der Waals surface area contributed by atoms with Gasteiger partial charge in [-0.2, -0.15) is 0 Å². The number of ether oxygens (including phenoxy) is 1. The molecule has 1 aliphatic heterocycles. The zero-order valence-electron chi connectivity index (χ0n) is 12.3. The minimum atomic E-state index is 0.762. The van der Waals surface area contributed by atoms with Gasteiger partial charge >= 0.3 is 0 Å². The number of aromatic nitrogens is 1. The Balaban J connectivity index is 2.04. The van der Waals surface area contributed by atoms with Crippen LogP contribution in [0.5, 0.6) is 5.75 Å². The first-order valence-electron chi connectivity index (χ1n) is 7.07. The maximum Gasteiger partial charge on any atom is 0.128 e. The summed E-state index contributed by atoms with van der Waals surface area (Å²) in [4.78, 5) is 7.05. The van der Waals surface area contributed by atoms with Crippen molar-refractivity contribution in [2.75, 3.05) is 26.7 Å². The normalized spacial score (nSPS) is 19.9. The molecular weight excluding hydrogens is 238 g/mol.